The second kappa shape index (κ2) is 8.04. The van der Waals surface area contributed by atoms with Crippen LogP contribution in [0, 0.1) is 5.92 Å². The normalized spacial score (nSPS) is 23.6. The smallest absolute Gasteiger partial charge is 0.0808 e. The van der Waals surface area contributed by atoms with Crippen molar-refractivity contribution in [2.45, 2.75) is 52.2 Å². The molecule has 1 aliphatic heterocycles. The van der Waals surface area contributed by atoms with Crippen molar-refractivity contribution in [3.63, 3.8) is 0 Å². The van der Waals surface area contributed by atoms with Crippen molar-refractivity contribution in [2.24, 2.45) is 5.92 Å². The third-order valence-electron chi connectivity index (χ3n) is 3.15. The standard InChI is InChI=1S/C13H27NO2/c1-4-14-13(11(2)3)10-15-9-12-7-5-6-8-16-12/h11-14H,4-10H2,1-3H3. The van der Waals surface area contributed by atoms with Gasteiger partial charge in [0, 0.05) is 12.6 Å². The van der Waals surface area contributed by atoms with Gasteiger partial charge in [0.25, 0.3) is 0 Å². The number of nitrogens with one attached hydrogen (secondary N) is 1. The Morgan fingerprint density at radius 2 is 2.19 bits per heavy atom. The predicted molar refractivity (Wildman–Crippen MR) is 66.7 cm³/mol. The van der Waals surface area contributed by atoms with Crippen LogP contribution in [-0.2, 0) is 9.47 Å². The minimum atomic E-state index is 0.336. The van der Waals surface area contributed by atoms with Crippen molar-refractivity contribution in [1.29, 1.82) is 0 Å². The molecule has 1 aliphatic rings. The zero-order valence-electron chi connectivity index (χ0n) is 11.0. The lowest BCUT2D eigenvalue weighted by Gasteiger charge is -2.25. The van der Waals surface area contributed by atoms with Crippen molar-refractivity contribution in [3.8, 4) is 0 Å². The van der Waals surface area contributed by atoms with E-state index in [2.05, 4.69) is 26.1 Å². The topological polar surface area (TPSA) is 30.5 Å². The third kappa shape index (κ3) is 5.28. The fourth-order valence-electron chi connectivity index (χ4n) is 2.01. The van der Waals surface area contributed by atoms with Gasteiger partial charge in [0.2, 0.25) is 0 Å². The van der Waals surface area contributed by atoms with Gasteiger partial charge in [-0.3, -0.25) is 0 Å². The Morgan fingerprint density at radius 1 is 1.38 bits per heavy atom. The largest absolute Gasteiger partial charge is 0.377 e. The number of likely N-dealkylation sites (N-methyl/N-ethyl adjacent to an activating group) is 1. The van der Waals surface area contributed by atoms with Crippen LogP contribution >= 0.6 is 0 Å². The van der Waals surface area contributed by atoms with Crippen molar-refractivity contribution in [3.05, 3.63) is 0 Å². The van der Waals surface area contributed by atoms with Gasteiger partial charge in [-0.2, -0.15) is 0 Å². The van der Waals surface area contributed by atoms with Crippen LogP contribution in [0.5, 0.6) is 0 Å². The molecular weight excluding hydrogens is 202 g/mol. The van der Waals surface area contributed by atoms with Gasteiger partial charge in [0.15, 0.2) is 0 Å². The molecule has 2 unspecified atom stereocenters. The molecule has 3 nitrogen and oxygen atoms in total. The Labute approximate surface area is 99.9 Å². The van der Waals surface area contributed by atoms with Crippen LogP contribution in [-0.4, -0.2) is 38.5 Å². The lowest BCUT2D eigenvalue weighted by atomic mass is 10.1. The molecule has 96 valence electrons. The summed E-state index contributed by atoms with van der Waals surface area (Å²) < 4.78 is 11.4. The molecule has 0 radical (unpaired) electrons. The maximum Gasteiger partial charge on any atom is 0.0808 e. The van der Waals surface area contributed by atoms with Gasteiger partial charge in [-0.15, -0.1) is 0 Å². The highest BCUT2D eigenvalue weighted by Gasteiger charge is 2.16. The molecule has 1 saturated heterocycles. The molecule has 1 rings (SSSR count). The summed E-state index contributed by atoms with van der Waals surface area (Å²) >= 11 is 0. The number of hydrogen-bond acceptors (Lipinski definition) is 3. The summed E-state index contributed by atoms with van der Waals surface area (Å²) in [5.74, 6) is 0.618. The second-order valence-electron chi connectivity index (χ2n) is 4.93. The van der Waals surface area contributed by atoms with E-state index in [0.717, 1.165) is 32.8 Å². The van der Waals surface area contributed by atoms with E-state index < -0.39 is 0 Å². The first-order valence-corrected chi connectivity index (χ1v) is 6.66. The highest BCUT2D eigenvalue weighted by Crippen LogP contribution is 2.13. The van der Waals surface area contributed by atoms with E-state index >= 15 is 0 Å². The van der Waals surface area contributed by atoms with Crippen LogP contribution in [0.1, 0.15) is 40.0 Å². The Hall–Kier alpha value is -0.120. The van der Waals surface area contributed by atoms with Crippen LogP contribution in [0.3, 0.4) is 0 Å². The van der Waals surface area contributed by atoms with Gasteiger partial charge in [-0.1, -0.05) is 20.8 Å². The summed E-state index contributed by atoms with van der Waals surface area (Å²) in [6, 6.07) is 0.466. The molecular formula is C13H27NO2. The van der Waals surface area contributed by atoms with Crippen LogP contribution in [0.2, 0.25) is 0 Å². The monoisotopic (exact) mass is 229 g/mol. The third-order valence-corrected chi connectivity index (χ3v) is 3.15. The molecule has 0 aromatic heterocycles. The van der Waals surface area contributed by atoms with Gasteiger partial charge in [0.1, 0.15) is 0 Å². The van der Waals surface area contributed by atoms with Gasteiger partial charge >= 0.3 is 0 Å². The fourth-order valence-corrected chi connectivity index (χ4v) is 2.01. The van der Waals surface area contributed by atoms with Crippen molar-refractivity contribution in [2.75, 3.05) is 26.4 Å². The Morgan fingerprint density at radius 3 is 2.75 bits per heavy atom. The SMILES string of the molecule is CCNC(COCC1CCCCO1)C(C)C. The van der Waals surface area contributed by atoms with E-state index in [1.165, 1.54) is 12.8 Å². The second-order valence-corrected chi connectivity index (χ2v) is 4.93. The highest BCUT2D eigenvalue weighted by atomic mass is 16.5. The maximum absolute atomic E-state index is 5.76. The first kappa shape index (κ1) is 13.9. The van der Waals surface area contributed by atoms with E-state index in [-0.39, 0.29) is 0 Å². The summed E-state index contributed by atoms with van der Waals surface area (Å²) in [6.45, 7) is 10.1. The molecule has 1 fully saturated rings. The van der Waals surface area contributed by atoms with Gasteiger partial charge in [-0.25, -0.2) is 0 Å². The fraction of sp³-hybridized carbons (Fsp3) is 1.00. The molecule has 1 N–H and O–H groups in total. The molecule has 0 amide bonds. The molecule has 0 spiro atoms. The summed E-state index contributed by atoms with van der Waals surface area (Å²) in [5.41, 5.74) is 0. The van der Waals surface area contributed by atoms with Crippen LogP contribution in [0.15, 0.2) is 0 Å². The molecule has 2 atom stereocenters. The van der Waals surface area contributed by atoms with Crippen LogP contribution in [0.25, 0.3) is 0 Å². The minimum Gasteiger partial charge on any atom is -0.377 e. The van der Waals surface area contributed by atoms with Gasteiger partial charge in [0.05, 0.1) is 19.3 Å². The Balaban J connectivity index is 2.11. The van der Waals surface area contributed by atoms with Crippen molar-refractivity contribution in [1.82, 2.24) is 5.32 Å². The lowest BCUT2D eigenvalue weighted by molar-refractivity contribution is -0.0458. The highest BCUT2D eigenvalue weighted by molar-refractivity contribution is 4.70. The Kier molecular flexibility index (Phi) is 7.01. The number of rotatable bonds is 7. The molecule has 0 aromatic rings. The number of ether oxygens (including phenoxy) is 2. The van der Waals surface area contributed by atoms with E-state index in [9.17, 15) is 0 Å². The van der Waals surface area contributed by atoms with E-state index in [4.69, 9.17) is 9.47 Å². The lowest BCUT2D eigenvalue weighted by Crippen LogP contribution is -2.38. The molecule has 3 heteroatoms. The molecule has 0 aromatic carbocycles. The quantitative estimate of drug-likeness (QED) is 0.726. The summed E-state index contributed by atoms with van der Waals surface area (Å²) in [5, 5.41) is 3.45. The zero-order valence-corrected chi connectivity index (χ0v) is 11.0. The summed E-state index contributed by atoms with van der Waals surface area (Å²) in [4.78, 5) is 0. The first-order chi connectivity index (χ1) is 7.74. The summed E-state index contributed by atoms with van der Waals surface area (Å²) in [7, 11) is 0. The number of hydrogen-bond donors (Lipinski definition) is 1. The maximum atomic E-state index is 5.76. The molecule has 0 bridgehead atoms. The molecule has 1 heterocycles. The average molecular weight is 229 g/mol. The average Bonchev–Trinajstić information content (AvgIpc) is 2.29. The summed E-state index contributed by atoms with van der Waals surface area (Å²) in [6.07, 6.45) is 3.99. The van der Waals surface area contributed by atoms with Crippen molar-refractivity contribution >= 4 is 0 Å². The van der Waals surface area contributed by atoms with E-state index in [1.54, 1.807) is 0 Å². The first-order valence-electron chi connectivity index (χ1n) is 6.66. The molecule has 0 aliphatic carbocycles. The molecule has 16 heavy (non-hydrogen) atoms. The molecule has 0 saturated carbocycles. The van der Waals surface area contributed by atoms with Gasteiger partial charge < -0.3 is 14.8 Å². The van der Waals surface area contributed by atoms with E-state index in [0.29, 0.717) is 18.1 Å². The van der Waals surface area contributed by atoms with Crippen LogP contribution < -0.4 is 5.32 Å². The predicted octanol–water partition coefficient (Wildman–Crippen LogP) is 2.21. The van der Waals surface area contributed by atoms with Crippen molar-refractivity contribution < 1.29 is 9.47 Å². The van der Waals surface area contributed by atoms with Gasteiger partial charge in [-0.05, 0) is 31.7 Å². The minimum absolute atomic E-state index is 0.336. The zero-order chi connectivity index (χ0) is 11.8. The Bertz CT molecular complexity index is 167. The van der Waals surface area contributed by atoms with E-state index in [1.807, 2.05) is 0 Å². The van der Waals surface area contributed by atoms with Crippen LogP contribution in [0.4, 0.5) is 0 Å².